The smallest absolute Gasteiger partial charge is 0.277 e. The Morgan fingerprint density at radius 3 is 2.32 bits per heavy atom. The van der Waals surface area contributed by atoms with Gasteiger partial charge < -0.3 is 4.74 Å². The number of halogens is 2. The molecule has 7 heteroatoms. The molecule has 0 saturated heterocycles. The molecule has 31 heavy (non-hydrogen) atoms. The van der Waals surface area contributed by atoms with E-state index in [1.54, 1.807) is 24.1 Å². The molecule has 1 aromatic heterocycles. The molecule has 4 aromatic rings. The van der Waals surface area contributed by atoms with Gasteiger partial charge in [-0.3, -0.25) is 14.8 Å². The van der Waals surface area contributed by atoms with Crippen LogP contribution in [-0.2, 0) is 0 Å². The number of nitrogens with zero attached hydrogens (tertiary/aromatic N) is 2. The Morgan fingerprint density at radius 1 is 1.00 bits per heavy atom. The predicted octanol–water partition coefficient (Wildman–Crippen LogP) is 6.25. The molecule has 0 radical (unpaired) electrons. The fourth-order valence-corrected chi connectivity index (χ4v) is 4.33. The van der Waals surface area contributed by atoms with Crippen molar-refractivity contribution in [2.75, 3.05) is 12.0 Å². The van der Waals surface area contributed by atoms with Crippen LogP contribution < -0.4 is 9.64 Å². The number of hydrogen-bond acceptors (Lipinski definition) is 3. The Kier molecular flexibility index (Phi) is 5.04. The highest BCUT2D eigenvalue weighted by Gasteiger charge is 2.43. The molecule has 1 aliphatic heterocycles. The number of nitrogens with one attached hydrogen (secondary N) is 1. The van der Waals surface area contributed by atoms with Gasteiger partial charge in [-0.15, -0.1) is 0 Å². The largest absolute Gasteiger partial charge is 0.497 e. The fraction of sp³-hybridized carbons (Fsp3) is 0.0833. The standard InChI is InChI=1S/C24H17BrClN3O2/c1-31-19-12-4-15(5-13-19)23-20-21(14-2-6-16(25)7-3-14)27-28-22(20)24(30)29(23)18-10-8-17(26)9-11-18/h2-13,23H,1H3,(H,27,28). The first-order chi connectivity index (χ1) is 15.1. The normalized spacial score (nSPS) is 15.3. The summed E-state index contributed by atoms with van der Waals surface area (Å²) in [4.78, 5) is 15.3. The second-order valence-corrected chi connectivity index (χ2v) is 8.55. The minimum atomic E-state index is -0.341. The Labute approximate surface area is 192 Å². The summed E-state index contributed by atoms with van der Waals surface area (Å²) in [5.41, 5.74) is 4.77. The lowest BCUT2D eigenvalue weighted by Gasteiger charge is -2.26. The average Bonchev–Trinajstić information content (AvgIpc) is 3.34. The molecule has 0 fully saturated rings. The molecule has 1 aliphatic rings. The predicted molar refractivity (Wildman–Crippen MR) is 125 cm³/mol. The molecular formula is C24H17BrClN3O2. The van der Waals surface area contributed by atoms with E-state index in [1.165, 1.54) is 0 Å². The molecule has 1 atom stereocenters. The molecule has 1 unspecified atom stereocenters. The first-order valence-electron chi connectivity index (χ1n) is 9.64. The molecule has 0 bridgehead atoms. The monoisotopic (exact) mass is 493 g/mol. The number of anilines is 1. The van der Waals surface area contributed by atoms with Crippen molar-refractivity contribution >= 4 is 39.1 Å². The number of aromatic amines is 1. The molecule has 5 nitrogen and oxygen atoms in total. The van der Waals surface area contributed by atoms with Crippen molar-refractivity contribution in [1.29, 1.82) is 0 Å². The highest BCUT2D eigenvalue weighted by molar-refractivity contribution is 9.10. The summed E-state index contributed by atoms with van der Waals surface area (Å²) in [6.07, 6.45) is 0. The molecule has 1 amide bonds. The van der Waals surface area contributed by atoms with Gasteiger partial charge in [-0.1, -0.05) is 51.8 Å². The lowest BCUT2D eigenvalue weighted by atomic mass is 9.96. The van der Waals surface area contributed by atoms with Gasteiger partial charge >= 0.3 is 0 Å². The number of amides is 1. The highest BCUT2D eigenvalue weighted by Crippen LogP contribution is 2.45. The summed E-state index contributed by atoms with van der Waals surface area (Å²) >= 11 is 9.57. The van der Waals surface area contributed by atoms with Crippen LogP contribution in [0.5, 0.6) is 5.75 Å². The van der Waals surface area contributed by atoms with Crippen LogP contribution in [0.4, 0.5) is 5.69 Å². The Morgan fingerprint density at radius 2 is 1.68 bits per heavy atom. The van der Waals surface area contributed by atoms with E-state index in [4.69, 9.17) is 16.3 Å². The maximum absolute atomic E-state index is 13.5. The number of rotatable bonds is 4. The van der Waals surface area contributed by atoms with Crippen molar-refractivity contribution in [1.82, 2.24) is 10.2 Å². The zero-order valence-electron chi connectivity index (χ0n) is 16.5. The lowest BCUT2D eigenvalue weighted by Crippen LogP contribution is -2.29. The van der Waals surface area contributed by atoms with Crippen LogP contribution in [0.25, 0.3) is 11.3 Å². The number of carbonyl (C=O) groups is 1. The van der Waals surface area contributed by atoms with Gasteiger partial charge in [0, 0.05) is 26.3 Å². The molecular weight excluding hydrogens is 478 g/mol. The SMILES string of the molecule is COc1ccc(C2c3c(-c4ccc(Br)cc4)n[nH]c3C(=O)N2c2ccc(Cl)cc2)cc1. The van der Waals surface area contributed by atoms with Crippen molar-refractivity contribution in [2.24, 2.45) is 0 Å². The van der Waals surface area contributed by atoms with Gasteiger partial charge in [0.05, 0.1) is 18.8 Å². The number of benzene rings is 3. The number of H-pyrrole nitrogens is 1. The number of aromatic nitrogens is 2. The molecule has 0 saturated carbocycles. The summed E-state index contributed by atoms with van der Waals surface area (Å²) in [5.74, 6) is 0.626. The third-order valence-electron chi connectivity index (χ3n) is 5.42. The van der Waals surface area contributed by atoms with E-state index in [-0.39, 0.29) is 11.9 Å². The second-order valence-electron chi connectivity index (χ2n) is 7.20. The topological polar surface area (TPSA) is 58.2 Å². The minimum Gasteiger partial charge on any atom is -0.497 e. The summed E-state index contributed by atoms with van der Waals surface area (Å²) in [6.45, 7) is 0. The summed E-state index contributed by atoms with van der Waals surface area (Å²) in [7, 11) is 1.63. The van der Waals surface area contributed by atoms with Gasteiger partial charge in [0.1, 0.15) is 11.4 Å². The van der Waals surface area contributed by atoms with Crippen LogP contribution >= 0.6 is 27.5 Å². The van der Waals surface area contributed by atoms with Crippen LogP contribution in [0, 0.1) is 0 Å². The first-order valence-corrected chi connectivity index (χ1v) is 10.8. The van der Waals surface area contributed by atoms with Crippen molar-refractivity contribution in [2.45, 2.75) is 6.04 Å². The highest BCUT2D eigenvalue weighted by atomic mass is 79.9. The fourth-order valence-electron chi connectivity index (χ4n) is 3.94. The quantitative estimate of drug-likeness (QED) is 0.365. The van der Waals surface area contributed by atoms with E-state index in [0.29, 0.717) is 10.7 Å². The molecule has 1 N–H and O–H groups in total. The van der Waals surface area contributed by atoms with E-state index in [0.717, 1.165) is 38.3 Å². The van der Waals surface area contributed by atoms with Crippen molar-refractivity contribution in [3.05, 3.63) is 99.1 Å². The Bertz CT molecular complexity index is 1250. The van der Waals surface area contributed by atoms with Crippen LogP contribution in [0.15, 0.2) is 77.3 Å². The number of fused-ring (bicyclic) bond motifs is 1. The number of carbonyl (C=O) groups excluding carboxylic acids is 1. The number of ether oxygens (including phenoxy) is 1. The molecule has 3 aromatic carbocycles. The van der Waals surface area contributed by atoms with E-state index >= 15 is 0 Å². The Hall–Kier alpha value is -3.09. The average molecular weight is 495 g/mol. The van der Waals surface area contributed by atoms with Crippen LogP contribution in [0.3, 0.4) is 0 Å². The molecule has 2 heterocycles. The molecule has 154 valence electrons. The van der Waals surface area contributed by atoms with Gasteiger partial charge in [0.15, 0.2) is 0 Å². The van der Waals surface area contributed by atoms with E-state index in [2.05, 4.69) is 26.1 Å². The minimum absolute atomic E-state index is 0.131. The number of methoxy groups -OCH3 is 1. The summed E-state index contributed by atoms with van der Waals surface area (Å²) in [6, 6.07) is 22.6. The zero-order valence-corrected chi connectivity index (χ0v) is 18.8. The van der Waals surface area contributed by atoms with Crippen LogP contribution in [-0.4, -0.2) is 23.2 Å². The van der Waals surface area contributed by atoms with Gasteiger partial charge in [-0.05, 0) is 54.1 Å². The van der Waals surface area contributed by atoms with Crippen molar-refractivity contribution < 1.29 is 9.53 Å². The van der Waals surface area contributed by atoms with Gasteiger partial charge in [0.2, 0.25) is 0 Å². The van der Waals surface area contributed by atoms with E-state index in [9.17, 15) is 4.79 Å². The summed E-state index contributed by atoms with van der Waals surface area (Å²) < 4.78 is 6.30. The third kappa shape index (κ3) is 3.42. The maximum Gasteiger partial charge on any atom is 0.277 e. The van der Waals surface area contributed by atoms with E-state index in [1.807, 2.05) is 60.7 Å². The third-order valence-corrected chi connectivity index (χ3v) is 6.20. The maximum atomic E-state index is 13.5. The van der Waals surface area contributed by atoms with Crippen molar-refractivity contribution in [3.63, 3.8) is 0 Å². The number of hydrogen-bond donors (Lipinski definition) is 1. The van der Waals surface area contributed by atoms with Gasteiger partial charge in [0.25, 0.3) is 5.91 Å². The lowest BCUT2D eigenvalue weighted by molar-refractivity contribution is 0.0989. The Balaban J connectivity index is 1.70. The van der Waals surface area contributed by atoms with Crippen LogP contribution in [0.1, 0.15) is 27.7 Å². The van der Waals surface area contributed by atoms with E-state index < -0.39 is 0 Å². The molecule has 0 spiro atoms. The summed E-state index contributed by atoms with van der Waals surface area (Å²) in [5, 5.41) is 8.10. The molecule has 0 aliphatic carbocycles. The first kappa shape index (κ1) is 19.8. The van der Waals surface area contributed by atoms with Crippen LogP contribution in [0.2, 0.25) is 5.02 Å². The second kappa shape index (κ2) is 7.87. The zero-order chi connectivity index (χ0) is 21.5. The molecule has 5 rings (SSSR count). The van der Waals surface area contributed by atoms with Crippen molar-refractivity contribution in [3.8, 4) is 17.0 Å². The van der Waals surface area contributed by atoms with Gasteiger partial charge in [-0.25, -0.2) is 0 Å². The van der Waals surface area contributed by atoms with Gasteiger partial charge in [-0.2, -0.15) is 5.10 Å².